The Labute approximate surface area is 150 Å². The lowest BCUT2D eigenvalue weighted by Gasteiger charge is -2.32. The Hall–Kier alpha value is -2.10. The van der Waals surface area contributed by atoms with Crippen molar-refractivity contribution < 1.29 is 4.79 Å². The van der Waals surface area contributed by atoms with Gasteiger partial charge in [-0.3, -0.25) is 9.48 Å². The highest BCUT2D eigenvalue weighted by Gasteiger charge is 2.23. The highest BCUT2D eigenvalue weighted by molar-refractivity contribution is 5.76. The van der Waals surface area contributed by atoms with Gasteiger partial charge in [0.2, 0.25) is 5.91 Å². The number of amides is 1. The molecule has 0 aliphatic carbocycles. The molecule has 0 atom stereocenters. The first kappa shape index (κ1) is 17.7. The van der Waals surface area contributed by atoms with E-state index in [0.717, 1.165) is 44.5 Å². The van der Waals surface area contributed by atoms with Crippen LogP contribution in [0.25, 0.3) is 0 Å². The monoisotopic (exact) mass is 339 g/mol. The maximum absolute atomic E-state index is 12.6. The van der Waals surface area contributed by atoms with Gasteiger partial charge in [-0.2, -0.15) is 5.10 Å². The van der Waals surface area contributed by atoms with Crippen molar-refractivity contribution in [3.63, 3.8) is 0 Å². The number of hydrogen-bond donors (Lipinski definition) is 0. The summed E-state index contributed by atoms with van der Waals surface area (Å²) in [5, 5.41) is 4.44. The smallest absolute Gasteiger partial charge is 0.222 e. The van der Waals surface area contributed by atoms with Crippen molar-refractivity contribution in [2.24, 2.45) is 13.0 Å². The van der Waals surface area contributed by atoms with E-state index >= 15 is 0 Å². The van der Waals surface area contributed by atoms with Gasteiger partial charge in [-0.15, -0.1) is 0 Å². The summed E-state index contributed by atoms with van der Waals surface area (Å²) in [4.78, 5) is 14.6. The van der Waals surface area contributed by atoms with Crippen LogP contribution in [0.2, 0.25) is 0 Å². The summed E-state index contributed by atoms with van der Waals surface area (Å²) in [6.45, 7) is 5.92. The molecule has 1 aromatic heterocycles. The van der Waals surface area contributed by atoms with E-state index in [9.17, 15) is 4.79 Å². The van der Waals surface area contributed by atoms with Crippen LogP contribution in [0.5, 0.6) is 0 Å². The number of carbonyl (C=O) groups is 1. The molecule has 2 heterocycles. The molecule has 134 valence electrons. The normalized spacial score (nSPS) is 15.6. The van der Waals surface area contributed by atoms with E-state index < -0.39 is 0 Å². The van der Waals surface area contributed by atoms with Gasteiger partial charge >= 0.3 is 0 Å². The second-order valence-corrected chi connectivity index (χ2v) is 7.29. The van der Waals surface area contributed by atoms with E-state index in [-0.39, 0.29) is 0 Å². The molecule has 0 bridgehead atoms. The number of nitrogens with zero attached hydrogens (tertiary/aromatic N) is 3. The third-order valence-electron chi connectivity index (χ3n) is 5.58. The van der Waals surface area contributed by atoms with Crippen LogP contribution in [0.15, 0.2) is 30.3 Å². The summed E-state index contributed by atoms with van der Waals surface area (Å²) >= 11 is 0. The van der Waals surface area contributed by atoms with Gasteiger partial charge in [0.15, 0.2) is 0 Å². The fraction of sp³-hybridized carbons (Fsp3) is 0.524. The maximum Gasteiger partial charge on any atom is 0.222 e. The highest BCUT2D eigenvalue weighted by atomic mass is 16.2. The van der Waals surface area contributed by atoms with Crippen molar-refractivity contribution in [1.82, 2.24) is 14.7 Å². The van der Waals surface area contributed by atoms with Crippen LogP contribution in [0.1, 0.15) is 41.8 Å². The van der Waals surface area contributed by atoms with Crippen LogP contribution in [0.3, 0.4) is 0 Å². The molecule has 4 nitrogen and oxygen atoms in total. The van der Waals surface area contributed by atoms with Gasteiger partial charge in [0, 0.05) is 32.3 Å². The number of hydrogen-bond acceptors (Lipinski definition) is 2. The molecule has 0 unspecified atom stereocenters. The van der Waals surface area contributed by atoms with Gasteiger partial charge in [0.05, 0.1) is 5.69 Å². The lowest BCUT2D eigenvalue weighted by molar-refractivity contribution is -0.132. The average Bonchev–Trinajstić information content (AvgIpc) is 2.86. The minimum atomic E-state index is 0.292. The Morgan fingerprint density at radius 3 is 2.44 bits per heavy atom. The van der Waals surface area contributed by atoms with Crippen molar-refractivity contribution >= 4 is 5.91 Å². The summed E-state index contributed by atoms with van der Waals surface area (Å²) in [6, 6.07) is 10.7. The highest BCUT2D eigenvalue weighted by Crippen LogP contribution is 2.23. The van der Waals surface area contributed by atoms with E-state index in [1.165, 1.54) is 16.8 Å². The molecule has 1 aromatic carbocycles. The number of aromatic nitrogens is 2. The number of carbonyl (C=O) groups excluding carboxylic acids is 1. The first-order valence-corrected chi connectivity index (χ1v) is 9.35. The number of rotatable bonds is 5. The third-order valence-corrected chi connectivity index (χ3v) is 5.58. The van der Waals surface area contributed by atoms with Crippen LogP contribution in [0.4, 0.5) is 0 Å². The molecule has 1 fully saturated rings. The topological polar surface area (TPSA) is 38.1 Å². The predicted molar refractivity (Wildman–Crippen MR) is 100 cm³/mol. The molecule has 1 aliphatic rings. The number of likely N-dealkylation sites (tertiary alicyclic amines) is 1. The van der Waals surface area contributed by atoms with Gasteiger partial charge in [0.25, 0.3) is 0 Å². The van der Waals surface area contributed by atoms with Crippen LogP contribution >= 0.6 is 0 Å². The van der Waals surface area contributed by atoms with Crippen molar-refractivity contribution in [2.75, 3.05) is 13.1 Å². The second kappa shape index (κ2) is 7.85. The summed E-state index contributed by atoms with van der Waals surface area (Å²) < 4.78 is 1.91. The molecule has 4 heteroatoms. The average molecular weight is 339 g/mol. The summed E-state index contributed by atoms with van der Waals surface area (Å²) in [5.41, 5.74) is 4.87. The first-order chi connectivity index (χ1) is 12.0. The summed E-state index contributed by atoms with van der Waals surface area (Å²) in [5.74, 6) is 0.995. The lowest BCUT2D eigenvalue weighted by atomic mass is 9.90. The minimum absolute atomic E-state index is 0.292. The standard InChI is InChI=1S/C21H29N3O/c1-16-20(17(2)23(3)22-16)9-10-21(25)24-13-11-19(12-14-24)15-18-7-5-4-6-8-18/h4-8,19H,9-15H2,1-3H3. The van der Waals surface area contributed by atoms with Crippen molar-refractivity contribution in [3.8, 4) is 0 Å². The van der Waals surface area contributed by atoms with Gasteiger partial charge < -0.3 is 4.90 Å². The lowest BCUT2D eigenvalue weighted by Crippen LogP contribution is -2.39. The zero-order valence-corrected chi connectivity index (χ0v) is 15.7. The minimum Gasteiger partial charge on any atom is -0.343 e. The zero-order chi connectivity index (χ0) is 17.8. The predicted octanol–water partition coefficient (Wildman–Crippen LogP) is 3.45. The van der Waals surface area contributed by atoms with E-state index in [4.69, 9.17) is 0 Å². The molecule has 0 spiro atoms. The Morgan fingerprint density at radius 1 is 1.16 bits per heavy atom. The molecule has 1 saturated heterocycles. The van der Waals surface area contributed by atoms with Crippen LogP contribution < -0.4 is 0 Å². The van der Waals surface area contributed by atoms with Crippen LogP contribution in [-0.2, 0) is 24.7 Å². The molecule has 1 aliphatic heterocycles. The van der Waals surface area contributed by atoms with Crippen molar-refractivity contribution in [1.29, 1.82) is 0 Å². The Balaban J connectivity index is 1.47. The van der Waals surface area contributed by atoms with E-state index in [0.29, 0.717) is 18.2 Å². The fourth-order valence-corrected chi connectivity index (χ4v) is 3.90. The quantitative estimate of drug-likeness (QED) is 0.837. The molecule has 0 N–H and O–H groups in total. The van der Waals surface area contributed by atoms with E-state index in [1.54, 1.807) is 0 Å². The van der Waals surface area contributed by atoms with Gasteiger partial charge in [-0.25, -0.2) is 0 Å². The molecule has 0 saturated carbocycles. The van der Waals surface area contributed by atoms with Gasteiger partial charge in [-0.05, 0) is 56.6 Å². The maximum atomic E-state index is 12.6. The van der Waals surface area contributed by atoms with E-state index in [2.05, 4.69) is 47.3 Å². The molecular weight excluding hydrogens is 310 g/mol. The fourth-order valence-electron chi connectivity index (χ4n) is 3.90. The number of piperidine rings is 1. The zero-order valence-electron chi connectivity index (χ0n) is 15.7. The van der Waals surface area contributed by atoms with Crippen molar-refractivity contribution in [2.45, 2.75) is 46.0 Å². The Kier molecular flexibility index (Phi) is 5.57. The largest absolute Gasteiger partial charge is 0.343 e. The van der Waals surface area contributed by atoms with Crippen LogP contribution in [0, 0.1) is 19.8 Å². The SMILES string of the molecule is Cc1nn(C)c(C)c1CCC(=O)N1CCC(Cc2ccccc2)CC1. The van der Waals surface area contributed by atoms with E-state index in [1.807, 2.05) is 18.7 Å². The Morgan fingerprint density at radius 2 is 1.84 bits per heavy atom. The van der Waals surface area contributed by atoms with Gasteiger partial charge in [-0.1, -0.05) is 30.3 Å². The third kappa shape index (κ3) is 4.30. The number of benzene rings is 1. The number of aryl methyl sites for hydroxylation is 2. The summed E-state index contributed by atoms with van der Waals surface area (Å²) in [6.07, 6.45) is 4.76. The molecule has 0 radical (unpaired) electrons. The molecule has 25 heavy (non-hydrogen) atoms. The summed E-state index contributed by atoms with van der Waals surface area (Å²) in [7, 11) is 1.96. The second-order valence-electron chi connectivity index (χ2n) is 7.29. The van der Waals surface area contributed by atoms with Crippen molar-refractivity contribution in [3.05, 3.63) is 52.8 Å². The molecule has 1 amide bonds. The molecule has 2 aromatic rings. The Bertz CT molecular complexity index is 712. The molecular formula is C21H29N3O. The van der Waals surface area contributed by atoms with Gasteiger partial charge in [0.1, 0.15) is 0 Å². The first-order valence-electron chi connectivity index (χ1n) is 9.35. The van der Waals surface area contributed by atoms with Crippen LogP contribution in [-0.4, -0.2) is 33.7 Å². The molecule has 3 rings (SSSR count).